The lowest BCUT2D eigenvalue weighted by Gasteiger charge is -1.81. The number of rotatable bonds is 3. The van der Waals surface area contributed by atoms with Crippen molar-refractivity contribution in [1.29, 1.82) is 0 Å². The molecule has 8 heavy (non-hydrogen) atoms. The molecule has 0 saturated heterocycles. The molecule has 0 heterocycles. The molecule has 0 aromatic carbocycles. The maximum atomic E-state index is 4.91. The largest absolute Gasteiger partial charge is 0.422 e. The molecular weight excluding hydrogens is 116 g/mol. The lowest BCUT2D eigenvalue weighted by Crippen LogP contribution is -1.84. The van der Waals surface area contributed by atoms with Crippen molar-refractivity contribution in [3.63, 3.8) is 0 Å². The molecule has 0 spiro atoms. The molecule has 0 rings (SSSR count). The molecule has 0 unspecified atom stereocenters. The average Bonchev–Trinajstić information content (AvgIpc) is 1.81. The molecule has 46 valence electrons. The minimum atomic E-state index is -0.330. The second-order valence-electron chi connectivity index (χ2n) is 1.41. The Morgan fingerprint density at radius 1 is 1.38 bits per heavy atom. The molecule has 0 aromatic heterocycles. The third-order valence-electron chi connectivity index (χ3n) is 0.703. The predicted molar refractivity (Wildman–Crippen MR) is 39.5 cm³/mol. The Morgan fingerprint density at radius 3 is 2.62 bits per heavy atom. The molecule has 0 aliphatic carbocycles. The van der Waals surface area contributed by atoms with Gasteiger partial charge in [0.15, 0.2) is 9.76 Å². The van der Waals surface area contributed by atoms with Crippen LogP contribution in [0.1, 0.15) is 6.92 Å². The summed E-state index contributed by atoms with van der Waals surface area (Å²) in [5.74, 6) is 0. The van der Waals surface area contributed by atoms with Crippen LogP contribution in [0.5, 0.6) is 0 Å². The van der Waals surface area contributed by atoms with E-state index >= 15 is 0 Å². The van der Waals surface area contributed by atoms with Crippen LogP contribution in [0.3, 0.4) is 0 Å². The van der Waals surface area contributed by atoms with Crippen LogP contribution in [0.2, 0.25) is 0 Å². The Labute approximate surface area is 53.0 Å². The molecule has 0 amide bonds. The molecule has 0 fully saturated rings. The van der Waals surface area contributed by atoms with Crippen LogP contribution in [0.25, 0.3) is 0 Å². The fourth-order valence-corrected chi connectivity index (χ4v) is 0.802. The van der Waals surface area contributed by atoms with E-state index in [2.05, 4.69) is 5.70 Å². The second-order valence-corrected chi connectivity index (χ2v) is 2.79. The lowest BCUT2D eigenvalue weighted by atomic mass is 10.5. The molecular formula is C6H12OSi. The smallest absolute Gasteiger partial charge is 0.184 e. The van der Waals surface area contributed by atoms with Gasteiger partial charge in [-0.15, -0.1) is 0 Å². The number of allylic oxidation sites excluding steroid dienone is 3. The summed E-state index contributed by atoms with van der Waals surface area (Å²) in [5.41, 5.74) is 2.10. The van der Waals surface area contributed by atoms with Crippen LogP contribution in [-0.2, 0) is 4.43 Å². The first kappa shape index (κ1) is 7.66. The summed E-state index contributed by atoms with van der Waals surface area (Å²) in [4.78, 5) is 0. The van der Waals surface area contributed by atoms with Gasteiger partial charge < -0.3 is 4.43 Å². The second kappa shape index (κ2) is 6.66. The van der Waals surface area contributed by atoms with Gasteiger partial charge in [-0.1, -0.05) is 23.9 Å². The van der Waals surface area contributed by atoms with Crippen molar-refractivity contribution in [3.05, 3.63) is 23.9 Å². The highest BCUT2D eigenvalue weighted by atomic mass is 28.2. The van der Waals surface area contributed by atoms with Gasteiger partial charge in [-0.2, -0.15) is 0 Å². The molecule has 0 saturated carbocycles. The number of hydrogen-bond acceptors (Lipinski definition) is 1. The molecule has 0 N–H and O–H groups in total. The summed E-state index contributed by atoms with van der Waals surface area (Å²) in [6.45, 7) is 2.00. The predicted octanol–water partition coefficient (Wildman–Crippen LogP) is 0.806. The van der Waals surface area contributed by atoms with E-state index in [1.807, 2.05) is 25.2 Å². The third kappa shape index (κ3) is 5.66. The average molecular weight is 128 g/mol. The highest BCUT2D eigenvalue weighted by Gasteiger charge is 1.67. The van der Waals surface area contributed by atoms with Crippen LogP contribution in [-0.4, -0.2) is 16.9 Å². The standard InChI is InChI=1S/C6H12OSi/c1-3-4-5-6-8-7-2/h3-6H,8H2,1-2H3. The Bertz CT molecular complexity index is 86.5. The molecule has 0 aliphatic rings. The van der Waals surface area contributed by atoms with Gasteiger partial charge in [0.2, 0.25) is 0 Å². The van der Waals surface area contributed by atoms with Gasteiger partial charge in [-0.25, -0.2) is 0 Å². The highest BCUT2D eigenvalue weighted by molar-refractivity contribution is 6.34. The van der Waals surface area contributed by atoms with Crippen molar-refractivity contribution in [2.24, 2.45) is 0 Å². The first-order valence-electron chi connectivity index (χ1n) is 2.68. The van der Waals surface area contributed by atoms with E-state index < -0.39 is 0 Å². The third-order valence-corrected chi connectivity index (χ3v) is 1.50. The van der Waals surface area contributed by atoms with Crippen molar-refractivity contribution in [2.45, 2.75) is 6.92 Å². The zero-order chi connectivity index (χ0) is 6.24. The van der Waals surface area contributed by atoms with E-state index in [4.69, 9.17) is 4.43 Å². The van der Waals surface area contributed by atoms with Crippen molar-refractivity contribution in [1.82, 2.24) is 0 Å². The van der Waals surface area contributed by atoms with E-state index in [0.29, 0.717) is 0 Å². The first-order chi connectivity index (χ1) is 3.91. The molecule has 0 atom stereocenters. The van der Waals surface area contributed by atoms with Gasteiger partial charge in [0.1, 0.15) is 0 Å². The fourth-order valence-electron chi connectivity index (χ4n) is 0.341. The van der Waals surface area contributed by atoms with E-state index in [1.54, 1.807) is 7.11 Å². The van der Waals surface area contributed by atoms with Crippen molar-refractivity contribution in [2.75, 3.05) is 7.11 Å². The quantitative estimate of drug-likeness (QED) is 0.403. The summed E-state index contributed by atoms with van der Waals surface area (Å²) in [6, 6.07) is 0. The van der Waals surface area contributed by atoms with Crippen molar-refractivity contribution < 1.29 is 4.43 Å². The molecule has 0 aliphatic heterocycles. The Hall–Kier alpha value is -0.343. The zero-order valence-electron chi connectivity index (χ0n) is 5.42. The van der Waals surface area contributed by atoms with Gasteiger partial charge in [0, 0.05) is 7.11 Å². The summed E-state index contributed by atoms with van der Waals surface area (Å²) in [5, 5.41) is 0. The van der Waals surface area contributed by atoms with E-state index in [9.17, 15) is 0 Å². The topological polar surface area (TPSA) is 9.23 Å². The van der Waals surface area contributed by atoms with Crippen LogP contribution in [0, 0.1) is 0 Å². The molecule has 0 radical (unpaired) electrons. The first-order valence-corrected chi connectivity index (χ1v) is 4.08. The maximum absolute atomic E-state index is 4.91. The molecule has 0 aromatic rings. The summed E-state index contributed by atoms with van der Waals surface area (Å²) < 4.78 is 4.91. The minimum Gasteiger partial charge on any atom is -0.422 e. The van der Waals surface area contributed by atoms with Gasteiger partial charge in [0.25, 0.3) is 0 Å². The molecule has 1 nitrogen and oxygen atoms in total. The summed E-state index contributed by atoms with van der Waals surface area (Å²) in [7, 11) is 1.41. The molecule has 0 bridgehead atoms. The summed E-state index contributed by atoms with van der Waals surface area (Å²) in [6.07, 6.45) is 6.03. The van der Waals surface area contributed by atoms with Gasteiger partial charge in [0.05, 0.1) is 0 Å². The SMILES string of the molecule is CC=CC=C[SiH2]OC. The van der Waals surface area contributed by atoms with Crippen LogP contribution in [0.4, 0.5) is 0 Å². The van der Waals surface area contributed by atoms with Gasteiger partial charge in [-0.3, -0.25) is 0 Å². The Kier molecular flexibility index (Phi) is 6.37. The number of hydrogen-bond donors (Lipinski definition) is 0. The highest BCUT2D eigenvalue weighted by Crippen LogP contribution is 1.73. The minimum absolute atomic E-state index is 0.330. The van der Waals surface area contributed by atoms with E-state index in [0.717, 1.165) is 0 Å². The van der Waals surface area contributed by atoms with Crippen molar-refractivity contribution >= 4 is 9.76 Å². The zero-order valence-corrected chi connectivity index (χ0v) is 6.84. The maximum Gasteiger partial charge on any atom is 0.184 e. The van der Waals surface area contributed by atoms with Crippen LogP contribution < -0.4 is 0 Å². The Morgan fingerprint density at radius 2 is 2.12 bits per heavy atom. The van der Waals surface area contributed by atoms with Crippen LogP contribution >= 0.6 is 0 Å². The Balaban J connectivity index is 3.07. The van der Waals surface area contributed by atoms with Gasteiger partial charge >= 0.3 is 0 Å². The normalized spacial score (nSPS) is 13.2. The fraction of sp³-hybridized carbons (Fsp3) is 0.333. The van der Waals surface area contributed by atoms with Gasteiger partial charge in [-0.05, 0) is 6.92 Å². The van der Waals surface area contributed by atoms with E-state index in [1.165, 1.54) is 0 Å². The summed E-state index contributed by atoms with van der Waals surface area (Å²) >= 11 is 0. The lowest BCUT2D eigenvalue weighted by molar-refractivity contribution is 0.449. The molecule has 2 heteroatoms. The van der Waals surface area contributed by atoms with E-state index in [-0.39, 0.29) is 9.76 Å². The van der Waals surface area contributed by atoms with Crippen LogP contribution in [0.15, 0.2) is 23.9 Å². The monoisotopic (exact) mass is 128 g/mol. The van der Waals surface area contributed by atoms with Crippen molar-refractivity contribution in [3.8, 4) is 0 Å².